The summed E-state index contributed by atoms with van der Waals surface area (Å²) in [4.78, 5) is 14.1. The number of rotatable bonds is 3. The lowest BCUT2D eigenvalue weighted by atomic mass is 9.97. The van der Waals surface area contributed by atoms with Crippen LogP contribution < -0.4 is 5.32 Å². The lowest BCUT2D eigenvalue weighted by Gasteiger charge is -2.33. The van der Waals surface area contributed by atoms with Crippen molar-refractivity contribution in [1.82, 2.24) is 4.90 Å². The third kappa shape index (κ3) is 4.47. The highest BCUT2D eigenvalue weighted by Gasteiger charge is 2.25. The second kappa shape index (κ2) is 7.16. The minimum absolute atomic E-state index is 0.161. The first-order chi connectivity index (χ1) is 9.86. The van der Waals surface area contributed by atoms with Crippen LogP contribution in [0, 0.1) is 5.92 Å². The Kier molecular flexibility index (Phi) is 5.74. The molecule has 0 saturated carbocycles. The van der Waals surface area contributed by atoms with Gasteiger partial charge in [0.15, 0.2) is 0 Å². The van der Waals surface area contributed by atoms with E-state index in [0.29, 0.717) is 40.3 Å². The molecule has 1 aliphatic rings. The van der Waals surface area contributed by atoms with E-state index < -0.39 is 0 Å². The lowest BCUT2D eigenvalue weighted by Crippen LogP contribution is -2.45. The van der Waals surface area contributed by atoms with Gasteiger partial charge < -0.3 is 10.4 Å². The van der Waals surface area contributed by atoms with Crippen LogP contribution in [-0.2, 0) is 4.79 Å². The van der Waals surface area contributed by atoms with Gasteiger partial charge in [0, 0.05) is 18.1 Å². The number of benzene rings is 1. The summed E-state index contributed by atoms with van der Waals surface area (Å²) in [5, 5.41) is 13.4. The molecule has 1 amide bonds. The molecule has 1 heterocycles. The molecule has 0 aliphatic carbocycles. The van der Waals surface area contributed by atoms with Crippen LogP contribution in [0.15, 0.2) is 12.1 Å². The van der Waals surface area contributed by atoms with Crippen LogP contribution in [0.5, 0.6) is 0 Å². The zero-order valence-corrected chi connectivity index (χ0v) is 13.8. The molecular weight excluding hydrogens is 335 g/mol. The zero-order valence-electron chi connectivity index (χ0n) is 11.6. The van der Waals surface area contributed by atoms with E-state index in [1.807, 2.05) is 11.8 Å². The highest BCUT2D eigenvalue weighted by atomic mass is 35.5. The molecular formula is C14H17Cl3N2O2. The molecule has 0 bridgehead atoms. The van der Waals surface area contributed by atoms with Gasteiger partial charge in [-0.1, -0.05) is 41.7 Å². The van der Waals surface area contributed by atoms with E-state index in [0.717, 1.165) is 0 Å². The molecule has 1 aliphatic heterocycles. The molecule has 116 valence electrons. The molecule has 1 aromatic carbocycles. The SMILES string of the molecule is CC1CN(CC(=O)Nc2c(Cl)cc(Cl)cc2Cl)CCC1O. The summed E-state index contributed by atoms with van der Waals surface area (Å²) in [5.41, 5.74) is 0.373. The Hall–Kier alpha value is -0.520. The van der Waals surface area contributed by atoms with Crippen molar-refractivity contribution in [2.45, 2.75) is 19.4 Å². The van der Waals surface area contributed by atoms with E-state index in [2.05, 4.69) is 5.32 Å². The van der Waals surface area contributed by atoms with Gasteiger partial charge in [0.05, 0.1) is 28.4 Å². The number of aliphatic hydroxyl groups is 1. The lowest BCUT2D eigenvalue weighted by molar-refractivity contribution is -0.118. The number of hydrogen-bond acceptors (Lipinski definition) is 3. The van der Waals surface area contributed by atoms with Crippen LogP contribution in [0.3, 0.4) is 0 Å². The predicted octanol–water partition coefficient (Wildman–Crippen LogP) is 3.29. The zero-order chi connectivity index (χ0) is 15.6. The first-order valence-electron chi connectivity index (χ1n) is 6.71. The van der Waals surface area contributed by atoms with E-state index >= 15 is 0 Å². The van der Waals surface area contributed by atoms with Gasteiger partial charge in [0.2, 0.25) is 5.91 Å². The smallest absolute Gasteiger partial charge is 0.238 e. The fourth-order valence-corrected chi connectivity index (χ4v) is 3.32. The average molecular weight is 352 g/mol. The maximum Gasteiger partial charge on any atom is 0.238 e. The predicted molar refractivity (Wildman–Crippen MR) is 86.3 cm³/mol. The molecule has 0 radical (unpaired) electrons. The Balaban J connectivity index is 1.96. The third-order valence-corrected chi connectivity index (χ3v) is 4.40. The number of likely N-dealkylation sites (tertiary alicyclic amines) is 1. The van der Waals surface area contributed by atoms with Crippen molar-refractivity contribution in [3.8, 4) is 0 Å². The summed E-state index contributed by atoms with van der Waals surface area (Å²) < 4.78 is 0. The normalized spacial score (nSPS) is 23.1. The monoisotopic (exact) mass is 350 g/mol. The van der Waals surface area contributed by atoms with Gasteiger partial charge >= 0.3 is 0 Å². The van der Waals surface area contributed by atoms with Crippen molar-refractivity contribution in [3.63, 3.8) is 0 Å². The fourth-order valence-electron chi connectivity index (χ4n) is 2.41. The number of carbonyl (C=O) groups excluding carboxylic acids is 1. The Morgan fingerprint density at radius 3 is 2.57 bits per heavy atom. The molecule has 1 fully saturated rings. The van der Waals surface area contributed by atoms with Crippen LogP contribution in [0.1, 0.15) is 13.3 Å². The Morgan fingerprint density at radius 1 is 1.38 bits per heavy atom. The molecule has 7 heteroatoms. The molecule has 1 aromatic rings. The maximum absolute atomic E-state index is 12.1. The molecule has 4 nitrogen and oxygen atoms in total. The number of carbonyl (C=O) groups is 1. The van der Waals surface area contributed by atoms with Gasteiger partial charge in [-0.25, -0.2) is 0 Å². The summed E-state index contributed by atoms with van der Waals surface area (Å²) in [7, 11) is 0. The van der Waals surface area contributed by atoms with E-state index in [9.17, 15) is 9.90 Å². The molecule has 2 rings (SSSR count). The van der Waals surface area contributed by atoms with Crippen molar-refractivity contribution < 1.29 is 9.90 Å². The molecule has 21 heavy (non-hydrogen) atoms. The molecule has 0 aromatic heterocycles. The summed E-state index contributed by atoms with van der Waals surface area (Å²) in [6, 6.07) is 3.06. The number of hydrogen-bond donors (Lipinski definition) is 2. The number of nitrogens with one attached hydrogen (secondary N) is 1. The van der Waals surface area contributed by atoms with Crippen molar-refractivity contribution in [2.75, 3.05) is 25.0 Å². The van der Waals surface area contributed by atoms with Gasteiger partial charge in [-0.05, 0) is 24.5 Å². The topological polar surface area (TPSA) is 52.6 Å². The highest BCUT2D eigenvalue weighted by Crippen LogP contribution is 2.33. The summed E-state index contributed by atoms with van der Waals surface area (Å²) >= 11 is 17.9. The van der Waals surface area contributed by atoms with E-state index in [1.54, 1.807) is 0 Å². The van der Waals surface area contributed by atoms with Crippen LogP contribution >= 0.6 is 34.8 Å². The summed E-state index contributed by atoms with van der Waals surface area (Å²) in [5.74, 6) is -0.0287. The van der Waals surface area contributed by atoms with Gasteiger partial charge in [-0.3, -0.25) is 9.69 Å². The van der Waals surface area contributed by atoms with Crippen molar-refractivity contribution >= 4 is 46.4 Å². The van der Waals surface area contributed by atoms with Crippen LogP contribution in [-0.4, -0.2) is 41.7 Å². The van der Waals surface area contributed by atoms with E-state index in [1.165, 1.54) is 12.1 Å². The molecule has 2 N–H and O–H groups in total. The van der Waals surface area contributed by atoms with Crippen LogP contribution in [0.2, 0.25) is 15.1 Å². The largest absolute Gasteiger partial charge is 0.393 e. The maximum atomic E-state index is 12.1. The van der Waals surface area contributed by atoms with Crippen molar-refractivity contribution in [3.05, 3.63) is 27.2 Å². The first-order valence-corrected chi connectivity index (χ1v) is 7.85. The Morgan fingerprint density at radius 2 is 2.00 bits per heavy atom. The van der Waals surface area contributed by atoms with Gasteiger partial charge in [-0.15, -0.1) is 0 Å². The number of amides is 1. The first kappa shape index (κ1) is 16.8. The number of nitrogens with zero attached hydrogens (tertiary/aromatic N) is 1. The highest BCUT2D eigenvalue weighted by molar-refractivity contribution is 6.42. The fraction of sp³-hybridized carbons (Fsp3) is 0.500. The van der Waals surface area contributed by atoms with E-state index in [-0.39, 0.29) is 24.5 Å². The molecule has 0 spiro atoms. The Labute approximate surface area is 139 Å². The van der Waals surface area contributed by atoms with Gasteiger partial charge in [0.1, 0.15) is 0 Å². The minimum Gasteiger partial charge on any atom is -0.393 e. The van der Waals surface area contributed by atoms with Gasteiger partial charge in [-0.2, -0.15) is 0 Å². The summed E-state index contributed by atoms with van der Waals surface area (Å²) in [6.45, 7) is 3.60. The summed E-state index contributed by atoms with van der Waals surface area (Å²) in [6.07, 6.45) is 0.390. The number of piperidine rings is 1. The van der Waals surface area contributed by atoms with Gasteiger partial charge in [0.25, 0.3) is 0 Å². The second-order valence-electron chi connectivity index (χ2n) is 5.36. The van der Waals surface area contributed by atoms with Crippen LogP contribution in [0.4, 0.5) is 5.69 Å². The number of halogens is 3. The standard InChI is InChI=1S/C14H17Cl3N2O2/c1-8-6-19(3-2-12(8)20)7-13(21)18-14-10(16)4-9(15)5-11(14)17/h4-5,8,12,20H,2-3,6-7H2,1H3,(H,18,21). The molecule has 2 atom stereocenters. The third-order valence-electron chi connectivity index (χ3n) is 3.58. The number of anilines is 1. The second-order valence-corrected chi connectivity index (χ2v) is 6.61. The average Bonchev–Trinajstić information content (AvgIpc) is 2.38. The van der Waals surface area contributed by atoms with E-state index in [4.69, 9.17) is 34.8 Å². The molecule has 1 saturated heterocycles. The van der Waals surface area contributed by atoms with Crippen molar-refractivity contribution in [1.29, 1.82) is 0 Å². The van der Waals surface area contributed by atoms with Crippen molar-refractivity contribution in [2.24, 2.45) is 5.92 Å². The quantitative estimate of drug-likeness (QED) is 0.878. The number of aliphatic hydroxyl groups excluding tert-OH is 1. The van der Waals surface area contributed by atoms with Crippen LogP contribution in [0.25, 0.3) is 0 Å². The Bertz CT molecular complexity index is 516. The minimum atomic E-state index is -0.288. The molecule has 2 unspecified atom stereocenters.